The molecule has 0 bridgehead atoms. The van der Waals surface area contributed by atoms with Gasteiger partial charge in [0.15, 0.2) is 16.6 Å². The molecule has 1 aromatic rings. The first-order chi connectivity index (χ1) is 16.5. The summed E-state index contributed by atoms with van der Waals surface area (Å²) in [5.41, 5.74) is 2.91. The summed E-state index contributed by atoms with van der Waals surface area (Å²) in [6, 6.07) is 14.4. The predicted octanol–water partition coefficient (Wildman–Crippen LogP) is 8.51. The fourth-order valence-electron chi connectivity index (χ4n) is 5.24. The Labute approximate surface area is 219 Å². The topological polar surface area (TPSA) is 38.7 Å². The largest absolute Gasteiger partial charge is 0.414 e. The third kappa shape index (κ3) is 8.67. The van der Waals surface area contributed by atoms with E-state index in [4.69, 9.17) is 8.85 Å². The fraction of sp³-hybridized carbons (Fsp3) is 0.733. The molecule has 1 aliphatic rings. The molecule has 3 unspecified atom stereocenters. The van der Waals surface area contributed by atoms with Crippen molar-refractivity contribution in [3.8, 4) is 0 Å². The minimum absolute atomic E-state index is 0.200. The van der Waals surface area contributed by atoms with Gasteiger partial charge in [0.25, 0.3) is 0 Å². The molecular weight excluding hydrogens is 464 g/mol. The summed E-state index contributed by atoms with van der Waals surface area (Å²) in [5.74, 6) is 0.448. The van der Waals surface area contributed by atoms with Crippen LogP contribution in [0.1, 0.15) is 79.2 Å². The first-order valence-corrected chi connectivity index (χ1v) is 19.6. The number of hydrogen-bond acceptors (Lipinski definition) is 3. The van der Waals surface area contributed by atoms with E-state index in [1.165, 1.54) is 23.7 Å². The highest BCUT2D eigenvalue weighted by Gasteiger charge is 2.40. The minimum Gasteiger partial charge on any atom is -0.414 e. The van der Waals surface area contributed by atoms with Crippen molar-refractivity contribution in [1.29, 1.82) is 0 Å². The summed E-state index contributed by atoms with van der Waals surface area (Å²) >= 11 is 0. The molecule has 0 saturated carbocycles. The summed E-state index contributed by atoms with van der Waals surface area (Å²) in [6.45, 7) is 19.0. The number of aliphatic hydroxyl groups is 1. The highest BCUT2D eigenvalue weighted by atomic mass is 28.4. The van der Waals surface area contributed by atoms with E-state index in [1.807, 2.05) is 0 Å². The average Bonchev–Trinajstić information content (AvgIpc) is 3.20. The van der Waals surface area contributed by atoms with Crippen molar-refractivity contribution in [2.45, 2.75) is 129 Å². The molecule has 1 aliphatic carbocycles. The Balaban J connectivity index is 2.16. The van der Waals surface area contributed by atoms with Crippen molar-refractivity contribution in [2.24, 2.45) is 5.92 Å². The Hall–Kier alpha value is -0.726. The SMILES string of the molecule is CC[Si](CC)(CC)OC1CC=C(CCC(Cc2ccccc2)O[Si](C)(C)C(C)(C)C)C1CCCO. The van der Waals surface area contributed by atoms with Crippen molar-refractivity contribution in [1.82, 2.24) is 0 Å². The summed E-state index contributed by atoms with van der Waals surface area (Å²) < 4.78 is 14.0. The van der Waals surface area contributed by atoms with Crippen molar-refractivity contribution in [3.63, 3.8) is 0 Å². The lowest BCUT2D eigenvalue weighted by atomic mass is 9.90. The minimum atomic E-state index is -1.87. The second-order valence-electron chi connectivity index (χ2n) is 12.1. The number of benzene rings is 1. The highest BCUT2D eigenvalue weighted by Crippen LogP contribution is 2.41. The maximum absolute atomic E-state index is 9.59. The van der Waals surface area contributed by atoms with Gasteiger partial charge in [0.05, 0.1) is 6.10 Å². The number of rotatable bonds is 15. The average molecular weight is 519 g/mol. The lowest BCUT2D eigenvalue weighted by Gasteiger charge is -2.39. The standard InChI is InChI=1S/C30H54O3Si2/c1-9-35(10-2,11-3)33-29-22-20-26(28(29)18-15-23-31)19-21-27(24-25-16-13-12-14-17-25)32-34(7,8)30(4,5)6/h12-14,16-17,20,27-29,31H,9-11,15,18-19,21-24H2,1-8H3. The van der Waals surface area contributed by atoms with E-state index in [2.05, 4.69) is 91.0 Å². The molecular formula is C30H54O3Si2. The molecule has 35 heavy (non-hydrogen) atoms. The molecule has 2 rings (SSSR count). The van der Waals surface area contributed by atoms with Crippen LogP contribution in [0.15, 0.2) is 42.0 Å². The van der Waals surface area contributed by atoms with Gasteiger partial charge in [-0.05, 0) is 80.4 Å². The first kappa shape index (κ1) is 30.5. The summed E-state index contributed by atoms with van der Waals surface area (Å²) in [6.07, 6.45) is 9.01. The van der Waals surface area contributed by atoms with Crippen LogP contribution in [0.3, 0.4) is 0 Å². The van der Waals surface area contributed by atoms with Crippen LogP contribution in [-0.2, 0) is 15.3 Å². The van der Waals surface area contributed by atoms with Gasteiger partial charge < -0.3 is 14.0 Å². The van der Waals surface area contributed by atoms with Gasteiger partial charge in [-0.15, -0.1) is 0 Å². The molecule has 3 nitrogen and oxygen atoms in total. The van der Waals surface area contributed by atoms with E-state index in [0.717, 1.165) is 38.5 Å². The van der Waals surface area contributed by atoms with Gasteiger partial charge in [-0.1, -0.05) is 83.5 Å². The monoisotopic (exact) mass is 518 g/mol. The second kappa shape index (κ2) is 13.7. The zero-order valence-electron chi connectivity index (χ0n) is 24.0. The van der Waals surface area contributed by atoms with Gasteiger partial charge >= 0.3 is 0 Å². The van der Waals surface area contributed by atoms with Crippen molar-refractivity contribution in [2.75, 3.05) is 6.61 Å². The fourth-order valence-corrected chi connectivity index (χ4v) is 9.53. The van der Waals surface area contributed by atoms with E-state index in [-0.39, 0.29) is 17.7 Å². The van der Waals surface area contributed by atoms with E-state index in [9.17, 15) is 5.11 Å². The van der Waals surface area contributed by atoms with Crippen LogP contribution in [0.5, 0.6) is 0 Å². The molecule has 1 aromatic carbocycles. The number of aliphatic hydroxyl groups excluding tert-OH is 1. The Bertz CT molecular complexity index is 757. The Morgan fingerprint density at radius 2 is 1.66 bits per heavy atom. The second-order valence-corrected chi connectivity index (χ2v) is 21.6. The first-order valence-electron chi connectivity index (χ1n) is 14.2. The van der Waals surface area contributed by atoms with Crippen LogP contribution in [-0.4, -0.2) is 40.6 Å². The Morgan fingerprint density at radius 3 is 2.20 bits per heavy atom. The van der Waals surface area contributed by atoms with Crippen LogP contribution in [0, 0.1) is 5.92 Å². The maximum Gasteiger partial charge on any atom is 0.192 e. The van der Waals surface area contributed by atoms with E-state index in [0.29, 0.717) is 12.0 Å². The van der Waals surface area contributed by atoms with Gasteiger partial charge in [-0.3, -0.25) is 0 Å². The van der Waals surface area contributed by atoms with Crippen LogP contribution in [0.4, 0.5) is 0 Å². The molecule has 5 heteroatoms. The van der Waals surface area contributed by atoms with Crippen LogP contribution in [0.25, 0.3) is 0 Å². The third-order valence-corrected chi connectivity index (χ3v) is 18.1. The molecule has 200 valence electrons. The summed E-state index contributed by atoms with van der Waals surface area (Å²) in [7, 11) is -3.52. The smallest absolute Gasteiger partial charge is 0.192 e. The maximum atomic E-state index is 9.59. The van der Waals surface area contributed by atoms with Gasteiger partial charge in [0, 0.05) is 18.6 Å². The molecule has 0 aromatic heterocycles. The molecule has 0 saturated heterocycles. The molecule has 0 amide bonds. The molecule has 0 fully saturated rings. The molecule has 0 spiro atoms. The van der Waals surface area contributed by atoms with Gasteiger partial charge in [-0.2, -0.15) is 0 Å². The Kier molecular flexibility index (Phi) is 11.9. The third-order valence-electron chi connectivity index (χ3n) is 8.87. The van der Waals surface area contributed by atoms with Gasteiger partial charge in [0.1, 0.15) is 0 Å². The van der Waals surface area contributed by atoms with Gasteiger partial charge in [-0.25, -0.2) is 0 Å². The summed E-state index contributed by atoms with van der Waals surface area (Å²) in [5, 5.41) is 9.79. The van der Waals surface area contributed by atoms with Crippen LogP contribution >= 0.6 is 0 Å². The lowest BCUT2D eigenvalue weighted by molar-refractivity contribution is 0.136. The predicted molar refractivity (Wildman–Crippen MR) is 156 cm³/mol. The van der Waals surface area contributed by atoms with Gasteiger partial charge in [0.2, 0.25) is 0 Å². The molecule has 0 heterocycles. The van der Waals surface area contributed by atoms with Crippen LogP contribution in [0.2, 0.25) is 36.3 Å². The zero-order valence-corrected chi connectivity index (χ0v) is 26.0. The van der Waals surface area contributed by atoms with Crippen molar-refractivity contribution < 1.29 is 14.0 Å². The van der Waals surface area contributed by atoms with E-state index < -0.39 is 16.6 Å². The van der Waals surface area contributed by atoms with E-state index in [1.54, 1.807) is 5.57 Å². The molecule has 1 N–H and O–H groups in total. The van der Waals surface area contributed by atoms with Crippen LogP contribution < -0.4 is 0 Å². The normalized spacial score (nSPS) is 20.2. The zero-order chi connectivity index (χ0) is 26.1. The number of hydrogen-bond donors (Lipinski definition) is 1. The molecule has 0 radical (unpaired) electrons. The van der Waals surface area contributed by atoms with Crippen molar-refractivity contribution in [3.05, 3.63) is 47.5 Å². The highest BCUT2D eigenvalue weighted by molar-refractivity contribution is 6.74. The summed E-state index contributed by atoms with van der Waals surface area (Å²) in [4.78, 5) is 0. The molecule has 3 atom stereocenters. The van der Waals surface area contributed by atoms with E-state index >= 15 is 0 Å². The molecule has 0 aliphatic heterocycles. The quantitative estimate of drug-likeness (QED) is 0.187. The Morgan fingerprint density at radius 1 is 1.03 bits per heavy atom. The lowest BCUT2D eigenvalue weighted by Crippen LogP contribution is -2.44. The van der Waals surface area contributed by atoms with Crippen molar-refractivity contribution >= 4 is 16.6 Å².